The normalized spacial score (nSPS) is 18.0. The molecule has 0 amide bonds. The Balaban J connectivity index is 1.20. The van der Waals surface area contributed by atoms with E-state index in [9.17, 15) is 13.7 Å². The van der Waals surface area contributed by atoms with Crippen LogP contribution in [0.15, 0.2) is 114 Å². The summed E-state index contributed by atoms with van der Waals surface area (Å²) >= 11 is 1.84. The Hall–Kier alpha value is -4.28. The fraction of sp³-hybridized carbons (Fsp3) is 0.256. The minimum absolute atomic E-state index is 0.0913. The number of anilines is 1. The second-order valence-electron chi connectivity index (χ2n) is 13.2. The van der Waals surface area contributed by atoms with Crippen LogP contribution in [-0.4, -0.2) is 20.7 Å². The second-order valence-corrected chi connectivity index (χ2v) is 15.9. The molecule has 0 bridgehead atoms. The molecule has 48 heavy (non-hydrogen) atoms. The molecule has 1 aliphatic heterocycles. The number of rotatable bonds is 9. The van der Waals surface area contributed by atoms with E-state index in [2.05, 4.69) is 84.3 Å². The molecule has 0 radical (unpaired) electrons. The van der Waals surface area contributed by atoms with E-state index in [-0.39, 0.29) is 17.6 Å². The minimum Gasteiger partial charge on any atom is -0.707 e. The molecule has 0 N–H and O–H groups in total. The number of fused-ring (bicyclic) bond motifs is 6. The van der Waals surface area contributed by atoms with Crippen LogP contribution in [-0.2, 0) is 21.0 Å². The van der Waals surface area contributed by atoms with Crippen LogP contribution >= 0.6 is 11.3 Å². The molecule has 0 spiro atoms. The maximum Gasteiger partial charge on any atom is 0.263 e. The van der Waals surface area contributed by atoms with Gasteiger partial charge in [0.25, 0.3) is 15.1 Å². The van der Waals surface area contributed by atoms with E-state index in [1.165, 1.54) is 37.1 Å². The first-order valence-electron chi connectivity index (χ1n) is 16.3. The summed E-state index contributed by atoms with van der Waals surface area (Å²) in [7, 11) is -4.10. The van der Waals surface area contributed by atoms with Crippen molar-refractivity contribution in [3.05, 3.63) is 119 Å². The van der Waals surface area contributed by atoms with Gasteiger partial charge in [0.1, 0.15) is 11.2 Å². The van der Waals surface area contributed by atoms with Crippen LogP contribution < -0.4 is 19.5 Å². The van der Waals surface area contributed by atoms with Gasteiger partial charge in [-0.3, -0.25) is 0 Å². The average Bonchev–Trinajstić information content (AvgIpc) is 3.61. The number of allylic oxidation sites excluding steroid dienone is 6. The Morgan fingerprint density at radius 3 is 2.50 bits per heavy atom. The van der Waals surface area contributed by atoms with Crippen molar-refractivity contribution < 1.29 is 27.3 Å². The summed E-state index contributed by atoms with van der Waals surface area (Å²) in [6.07, 6.45) is 12.9. The van der Waals surface area contributed by atoms with Gasteiger partial charge in [-0.15, -0.1) is 0 Å². The second kappa shape index (κ2) is 13.0. The first kappa shape index (κ1) is 32.3. The van der Waals surface area contributed by atoms with Gasteiger partial charge >= 0.3 is 0 Å². The standard InChI is InChI=1S/C39H38N2O5S2/c1-4-40-36(47-34-20-18-29-12-5-7-14-31(29)37(34)40)24-28-23-27(25-39(2,3)26-28)11-9-16-35-41(21-10-22-48(43,44)46-42)33-19-17-30-13-6-8-15-32(30)38(33)45-35/h5-9,11-20,23-24H,4,10,21-22,25-26H2,1-3H3. The summed E-state index contributed by atoms with van der Waals surface area (Å²) < 4.78 is 37.0. The zero-order chi connectivity index (χ0) is 33.5. The molecular weight excluding hydrogens is 641 g/mol. The lowest BCUT2D eigenvalue weighted by Crippen LogP contribution is -2.33. The maximum absolute atomic E-state index is 11.7. The Labute approximate surface area is 285 Å². The van der Waals surface area contributed by atoms with Crippen LogP contribution in [0.25, 0.3) is 37.8 Å². The number of benzene rings is 4. The lowest BCUT2D eigenvalue weighted by atomic mass is 9.75. The molecule has 1 aromatic heterocycles. The summed E-state index contributed by atoms with van der Waals surface area (Å²) in [5.74, 6) is 0.967. The van der Waals surface area contributed by atoms with E-state index in [4.69, 9.17) is 4.74 Å². The quantitative estimate of drug-likeness (QED) is 0.0894. The molecule has 9 heteroatoms. The van der Waals surface area contributed by atoms with Crippen LogP contribution in [0, 0.1) is 5.41 Å². The zero-order valence-corrected chi connectivity index (χ0v) is 28.9. The molecule has 5 aromatic rings. The van der Waals surface area contributed by atoms with Gasteiger partial charge in [-0.05, 0) is 77.8 Å². The van der Waals surface area contributed by atoms with Crippen LogP contribution in [0.2, 0.25) is 0 Å². The van der Waals surface area contributed by atoms with Gasteiger partial charge in [0.05, 0.1) is 16.8 Å². The van der Waals surface area contributed by atoms with Gasteiger partial charge in [0.15, 0.2) is 5.75 Å². The fourth-order valence-electron chi connectivity index (χ4n) is 7.03. The molecule has 7 rings (SSSR count). The molecule has 0 unspecified atom stereocenters. The van der Waals surface area contributed by atoms with Crippen molar-refractivity contribution in [3.63, 3.8) is 0 Å². The Morgan fingerprint density at radius 2 is 1.73 bits per heavy atom. The fourth-order valence-corrected chi connectivity index (χ4v) is 8.80. The van der Waals surface area contributed by atoms with E-state index in [0.29, 0.717) is 12.4 Å². The summed E-state index contributed by atoms with van der Waals surface area (Å²) in [6, 6.07) is 25.1. The monoisotopic (exact) mass is 678 g/mol. The number of hydrogen-bond donors (Lipinski definition) is 0. The highest BCUT2D eigenvalue weighted by atomic mass is 32.2. The predicted molar refractivity (Wildman–Crippen MR) is 193 cm³/mol. The van der Waals surface area contributed by atoms with Crippen LogP contribution in [0.3, 0.4) is 0 Å². The van der Waals surface area contributed by atoms with E-state index in [0.717, 1.165) is 41.6 Å². The van der Waals surface area contributed by atoms with Gasteiger partial charge < -0.3 is 19.2 Å². The molecule has 0 saturated heterocycles. The molecular formula is C39H38N2O5S2. The third kappa shape index (κ3) is 6.43. The van der Waals surface area contributed by atoms with Crippen molar-refractivity contribution in [2.45, 2.75) is 46.6 Å². The SMILES string of the molecule is CC[n+]1c(C=C2C=C(C=CC=C3Oc4c(ccc5ccccc45)N3CCCS(=O)(=O)O[O-])CC(C)(C)C2)sc2ccc3ccccc3c21. The Bertz CT molecular complexity index is 2280. The van der Waals surface area contributed by atoms with Crippen molar-refractivity contribution in [3.8, 4) is 5.75 Å². The van der Waals surface area contributed by atoms with Gasteiger partial charge in [-0.1, -0.05) is 98.0 Å². The number of thiazole rings is 1. The highest BCUT2D eigenvalue weighted by Gasteiger charge is 2.29. The van der Waals surface area contributed by atoms with E-state index in [1.54, 1.807) is 0 Å². The van der Waals surface area contributed by atoms with Crippen molar-refractivity contribution >= 4 is 65.0 Å². The molecule has 1 aliphatic carbocycles. The van der Waals surface area contributed by atoms with Crippen molar-refractivity contribution in [2.75, 3.05) is 17.2 Å². The number of ether oxygens (including phenoxy) is 1. The number of hydrogen-bond acceptors (Lipinski definition) is 7. The zero-order valence-electron chi connectivity index (χ0n) is 27.3. The molecule has 0 fully saturated rings. The van der Waals surface area contributed by atoms with Gasteiger partial charge in [-0.2, -0.15) is 4.57 Å². The van der Waals surface area contributed by atoms with E-state index < -0.39 is 10.1 Å². The van der Waals surface area contributed by atoms with E-state index >= 15 is 0 Å². The minimum atomic E-state index is -4.10. The lowest BCUT2D eigenvalue weighted by molar-refractivity contribution is -0.664. The molecule has 246 valence electrons. The first-order chi connectivity index (χ1) is 23.1. The summed E-state index contributed by atoms with van der Waals surface area (Å²) in [6.45, 7) is 8.08. The Kier molecular flexibility index (Phi) is 8.72. The van der Waals surface area contributed by atoms with Gasteiger partial charge in [0.2, 0.25) is 11.4 Å². The van der Waals surface area contributed by atoms with Crippen LogP contribution in [0.4, 0.5) is 5.69 Å². The average molecular weight is 679 g/mol. The molecule has 0 saturated carbocycles. The molecule has 4 aromatic carbocycles. The molecule has 7 nitrogen and oxygen atoms in total. The smallest absolute Gasteiger partial charge is 0.263 e. The third-order valence-electron chi connectivity index (χ3n) is 9.03. The van der Waals surface area contributed by atoms with Gasteiger partial charge in [-0.25, -0.2) is 8.42 Å². The number of aromatic nitrogens is 1. The molecule has 2 heterocycles. The summed E-state index contributed by atoms with van der Waals surface area (Å²) in [5.41, 5.74) is 4.78. The largest absolute Gasteiger partial charge is 0.707 e. The number of aryl methyl sites for hydroxylation is 1. The van der Waals surface area contributed by atoms with Crippen molar-refractivity contribution in [2.24, 2.45) is 5.41 Å². The van der Waals surface area contributed by atoms with E-state index in [1.807, 2.05) is 64.8 Å². The summed E-state index contributed by atoms with van der Waals surface area (Å²) in [4.78, 5) is 1.96. The van der Waals surface area contributed by atoms with Crippen LogP contribution in [0.1, 0.15) is 45.0 Å². The maximum atomic E-state index is 11.7. The lowest BCUT2D eigenvalue weighted by Gasteiger charge is -2.30. The molecule has 0 atom stereocenters. The highest BCUT2D eigenvalue weighted by molar-refractivity contribution is 7.86. The highest BCUT2D eigenvalue weighted by Crippen LogP contribution is 2.44. The topological polar surface area (TPSA) is 82.8 Å². The van der Waals surface area contributed by atoms with Crippen molar-refractivity contribution in [1.29, 1.82) is 0 Å². The Morgan fingerprint density at radius 1 is 1.00 bits per heavy atom. The predicted octanol–water partition coefficient (Wildman–Crippen LogP) is 7.95. The number of nitrogens with zero attached hydrogens (tertiary/aromatic N) is 2. The van der Waals surface area contributed by atoms with Gasteiger partial charge in [0, 0.05) is 18.0 Å². The third-order valence-corrected chi connectivity index (χ3v) is 11.1. The first-order valence-corrected chi connectivity index (χ1v) is 18.7. The van der Waals surface area contributed by atoms with Crippen LogP contribution in [0.5, 0.6) is 5.75 Å². The summed E-state index contributed by atoms with van der Waals surface area (Å²) in [5, 5.41) is 16.4. The van der Waals surface area contributed by atoms with Crippen molar-refractivity contribution in [1.82, 2.24) is 0 Å². The molecule has 2 aliphatic rings.